The predicted molar refractivity (Wildman–Crippen MR) is 55.1 cm³/mol. The van der Waals surface area contributed by atoms with Crippen molar-refractivity contribution in [3.63, 3.8) is 0 Å². The first kappa shape index (κ1) is 8.26. The van der Waals surface area contributed by atoms with Crippen molar-refractivity contribution in [1.82, 2.24) is 4.98 Å². The first-order valence-electron chi connectivity index (χ1n) is 4.01. The van der Waals surface area contributed by atoms with Crippen LogP contribution in [-0.4, -0.2) is 4.98 Å². The van der Waals surface area contributed by atoms with Gasteiger partial charge in [-0.05, 0) is 24.4 Å². The number of pyridine rings is 1. The van der Waals surface area contributed by atoms with Crippen LogP contribution in [0.3, 0.4) is 0 Å². The first-order chi connectivity index (χ1) is 6.27. The molecule has 2 aromatic heterocycles. The van der Waals surface area contributed by atoms with Crippen molar-refractivity contribution in [3.05, 3.63) is 44.9 Å². The van der Waals surface area contributed by atoms with Gasteiger partial charge in [0.15, 0.2) is 0 Å². The highest BCUT2D eigenvalue weighted by Gasteiger charge is 2.02. The molecule has 0 bridgehead atoms. The van der Waals surface area contributed by atoms with E-state index < -0.39 is 0 Å². The van der Waals surface area contributed by atoms with Crippen LogP contribution < -0.4 is 5.56 Å². The minimum absolute atomic E-state index is 0.0527. The molecule has 0 saturated carbocycles. The van der Waals surface area contributed by atoms with Gasteiger partial charge in [0.1, 0.15) is 0 Å². The monoisotopic (exact) mass is 191 g/mol. The number of hydrogen-bond donors (Lipinski definition) is 1. The number of aromatic nitrogens is 1. The highest BCUT2D eigenvalue weighted by Crippen LogP contribution is 2.24. The molecule has 0 aliphatic carbocycles. The maximum absolute atomic E-state index is 11.0. The van der Waals surface area contributed by atoms with Crippen molar-refractivity contribution in [3.8, 4) is 11.3 Å². The number of rotatable bonds is 1. The third-order valence-electron chi connectivity index (χ3n) is 1.92. The van der Waals surface area contributed by atoms with Gasteiger partial charge in [-0.3, -0.25) is 4.79 Å². The summed E-state index contributed by atoms with van der Waals surface area (Å²) in [5, 5.41) is 2.02. The molecular weight excluding hydrogens is 182 g/mol. The average molecular weight is 191 g/mol. The van der Waals surface area contributed by atoms with Crippen LogP contribution in [0, 0.1) is 6.92 Å². The van der Waals surface area contributed by atoms with Crippen LogP contribution in [0.2, 0.25) is 0 Å². The number of hydrogen-bond acceptors (Lipinski definition) is 2. The molecule has 2 nitrogen and oxygen atoms in total. The lowest BCUT2D eigenvalue weighted by Crippen LogP contribution is -2.03. The summed E-state index contributed by atoms with van der Waals surface area (Å²) in [7, 11) is 0. The molecule has 13 heavy (non-hydrogen) atoms. The van der Waals surface area contributed by atoms with Gasteiger partial charge in [0.2, 0.25) is 5.56 Å². The Balaban J connectivity index is 2.59. The topological polar surface area (TPSA) is 32.9 Å². The standard InChI is InChI=1S/C10H9NOS/c1-7-8(5-6-13-7)9-3-2-4-10(12)11-9/h2-6H,1H3,(H,11,12). The average Bonchev–Trinajstić information content (AvgIpc) is 2.51. The first-order valence-corrected chi connectivity index (χ1v) is 4.89. The van der Waals surface area contributed by atoms with Gasteiger partial charge in [0.05, 0.1) is 0 Å². The summed E-state index contributed by atoms with van der Waals surface area (Å²) in [6.45, 7) is 2.05. The van der Waals surface area contributed by atoms with Gasteiger partial charge >= 0.3 is 0 Å². The summed E-state index contributed by atoms with van der Waals surface area (Å²) in [5.74, 6) is 0. The number of aryl methyl sites for hydroxylation is 1. The fourth-order valence-corrected chi connectivity index (χ4v) is 1.98. The summed E-state index contributed by atoms with van der Waals surface area (Å²) in [6, 6.07) is 7.22. The lowest BCUT2D eigenvalue weighted by Gasteiger charge is -1.98. The molecule has 0 unspecified atom stereocenters. The summed E-state index contributed by atoms with van der Waals surface area (Å²) in [4.78, 5) is 15.1. The Morgan fingerprint density at radius 2 is 2.15 bits per heavy atom. The van der Waals surface area contributed by atoms with E-state index in [0.717, 1.165) is 11.3 Å². The molecule has 0 aromatic carbocycles. The Kier molecular flexibility index (Phi) is 2.02. The summed E-state index contributed by atoms with van der Waals surface area (Å²) in [6.07, 6.45) is 0. The molecule has 2 heterocycles. The summed E-state index contributed by atoms with van der Waals surface area (Å²) < 4.78 is 0. The van der Waals surface area contributed by atoms with Crippen molar-refractivity contribution in [2.75, 3.05) is 0 Å². The third kappa shape index (κ3) is 1.55. The Labute approximate surface area is 79.9 Å². The number of nitrogens with one attached hydrogen (secondary N) is 1. The van der Waals surface area contributed by atoms with Gasteiger partial charge in [-0.1, -0.05) is 6.07 Å². The molecule has 0 fully saturated rings. The van der Waals surface area contributed by atoms with E-state index in [1.807, 2.05) is 24.4 Å². The maximum Gasteiger partial charge on any atom is 0.248 e. The highest BCUT2D eigenvalue weighted by molar-refractivity contribution is 7.10. The highest BCUT2D eigenvalue weighted by atomic mass is 32.1. The Morgan fingerprint density at radius 3 is 2.77 bits per heavy atom. The van der Waals surface area contributed by atoms with Gasteiger partial charge < -0.3 is 4.98 Å². The number of thiophene rings is 1. The minimum atomic E-state index is -0.0527. The molecule has 1 N–H and O–H groups in total. The zero-order valence-electron chi connectivity index (χ0n) is 7.20. The maximum atomic E-state index is 11.0. The summed E-state index contributed by atoms with van der Waals surface area (Å²) >= 11 is 1.68. The predicted octanol–water partition coefficient (Wildman–Crippen LogP) is 2.41. The molecule has 0 radical (unpaired) electrons. The van der Waals surface area contributed by atoms with Gasteiger partial charge in [0, 0.05) is 22.2 Å². The molecule has 2 rings (SSSR count). The Hall–Kier alpha value is -1.35. The van der Waals surface area contributed by atoms with Crippen LogP contribution in [-0.2, 0) is 0 Å². The molecule has 0 spiro atoms. The van der Waals surface area contributed by atoms with Crippen LogP contribution in [0.15, 0.2) is 34.4 Å². The van der Waals surface area contributed by atoms with Crippen molar-refractivity contribution in [2.24, 2.45) is 0 Å². The minimum Gasteiger partial charge on any atom is -0.322 e. The van der Waals surface area contributed by atoms with E-state index in [2.05, 4.69) is 4.98 Å². The Bertz CT molecular complexity index is 470. The van der Waals surface area contributed by atoms with Crippen molar-refractivity contribution in [2.45, 2.75) is 6.92 Å². The zero-order valence-corrected chi connectivity index (χ0v) is 8.02. The molecule has 66 valence electrons. The molecule has 2 aromatic rings. The normalized spacial score (nSPS) is 10.2. The van der Waals surface area contributed by atoms with Crippen molar-refractivity contribution < 1.29 is 0 Å². The third-order valence-corrected chi connectivity index (χ3v) is 2.76. The Morgan fingerprint density at radius 1 is 1.31 bits per heavy atom. The van der Waals surface area contributed by atoms with E-state index in [9.17, 15) is 4.79 Å². The zero-order chi connectivity index (χ0) is 9.26. The second kappa shape index (κ2) is 3.18. The van der Waals surface area contributed by atoms with E-state index in [4.69, 9.17) is 0 Å². The van der Waals surface area contributed by atoms with Crippen LogP contribution in [0.4, 0.5) is 0 Å². The smallest absolute Gasteiger partial charge is 0.248 e. The van der Waals surface area contributed by atoms with Gasteiger partial charge in [-0.15, -0.1) is 11.3 Å². The summed E-state index contributed by atoms with van der Waals surface area (Å²) in [5.41, 5.74) is 1.96. The fourth-order valence-electron chi connectivity index (χ4n) is 1.27. The second-order valence-corrected chi connectivity index (χ2v) is 3.94. The van der Waals surface area contributed by atoms with Crippen molar-refractivity contribution >= 4 is 11.3 Å². The lowest BCUT2D eigenvalue weighted by molar-refractivity contribution is 1.24. The van der Waals surface area contributed by atoms with Crippen molar-refractivity contribution in [1.29, 1.82) is 0 Å². The van der Waals surface area contributed by atoms with E-state index >= 15 is 0 Å². The van der Waals surface area contributed by atoms with Gasteiger partial charge in [-0.2, -0.15) is 0 Å². The van der Waals surface area contributed by atoms with Crippen LogP contribution in [0.5, 0.6) is 0 Å². The lowest BCUT2D eigenvalue weighted by atomic mass is 10.2. The molecule has 0 amide bonds. The number of aromatic amines is 1. The van der Waals surface area contributed by atoms with Crippen LogP contribution in [0.1, 0.15) is 4.88 Å². The second-order valence-electron chi connectivity index (χ2n) is 2.82. The fraction of sp³-hybridized carbons (Fsp3) is 0.100. The van der Waals surface area contributed by atoms with E-state index in [-0.39, 0.29) is 5.56 Å². The van der Waals surface area contributed by atoms with Crippen LogP contribution in [0.25, 0.3) is 11.3 Å². The SMILES string of the molecule is Cc1sccc1-c1cccc(=O)[nH]1. The number of H-pyrrole nitrogens is 1. The molecule has 0 aliphatic heterocycles. The van der Waals surface area contributed by atoms with E-state index in [1.54, 1.807) is 17.4 Å². The quantitative estimate of drug-likeness (QED) is 0.737. The molecule has 0 aliphatic rings. The molecule has 3 heteroatoms. The molecule has 0 saturated heterocycles. The van der Waals surface area contributed by atoms with Gasteiger partial charge in [-0.25, -0.2) is 0 Å². The van der Waals surface area contributed by atoms with Crippen LogP contribution >= 0.6 is 11.3 Å². The van der Waals surface area contributed by atoms with E-state index in [1.165, 1.54) is 10.9 Å². The molecule has 0 atom stereocenters. The van der Waals surface area contributed by atoms with E-state index in [0.29, 0.717) is 0 Å². The molecular formula is C10H9NOS. The largest absolute Gasteiger partial charge is 0.322 e. The van der Waals surface area contributed by atoms with Gasteiger partial charge in [0.25, 0.3) is 0 Å².